The first-order valence-corrected chi connectivity index (χ1v) is 8.60. The monoisotopic (exact) mass is 353 g/mol. The Morgan fingerprint density at radius 2 is 2.10 bits per heavy atom. The summed E-state index contributed by atoms with van der Waals surface area (Å²) in [5.74, 6) is -0.187. The first kappa shape index (κ1) is 16.5. The highest BCUT2D eigenvalue weighted by Crippen LogP contribution is 2.28. The number of benzene rings is 1. The summed E-state index contributed by atoms with van der Waals surface area (Å²) >= 11 is 3.58. The second-order valence-corrected chi connectivity index (χ2v) is 6.57. The number of ether oxygens (including phenoxy) is 1. The summed E-state index contributed by atoms with van der Waals surface area (Å²) in [6.45, 7) is 4.30. The van der Waals surface area contributed by atoms with E-state index in [9.17, 15) is 4.79 Å². The SMILES string of the molecule is CCOC(=O)C(NC1CCCCC1)c1ccc(C)cc1Br. The molecule has 1 N–H and O–H groups in total. The third-order valence-electron chi connectivity index (χ3n) is 4.00. The molecule has 0 amide bonds. The number of hydrogen-bond donors (Lipinski definition) is 1. The number of nitrogens with one attached hydrogen (secondary N) is 1. The van der Waals surface area contributed by atoms with Crippen molar-refractivity contribution in [2.45, 2.75) is 58.0 Å². The molecule has 4 heteroatoms. The van der Waals surface area contributed by atoms with Gasteiger partial charge in [-0.2, -0.15) is 0 Å². The van der Waals surface area contributed by atoms with Crippen molar-refractivity contribution in [2.24, 2.45) is 0 Å². The first-order chi connectivity index (χ1) is 10.1. The molecule has 116 valence electrons. The summed E-state index contributed by atoms with van der Waals surface area (Å²) in [6.07, 6.45) is 6.06. The zero-order valence-corrected chi connectivity index (χ0v) is 14.4. The van der Waals surface area contributed by atoms with E-state index in [4.69, 9.17) is 4.74 Å². The van der Waals surface area contributed by atoms with Crippen LogP contribution in [0.4, 0.5) is 0 Å². The third-order valence-corrected chi connectivity index (χ3v) is 4.68. The minimum Gasteiger partial charge on any atom is -0.465 e. The average molecular weight is 354 g/mol. The number of carbonyl (C=O) groups excluding carboxylic acids is 1. The van der Waals surface area contributed by atoms with Gasteiger partial charge in [0, 0.05) is 10.5 Å². The van der Waals surface area contributed by atoms with Crippen LogP contribution >= 0.6 is 15.9 Å². The van der Waals surface area contributed by atoms with E-state index in [0.29, 0.717) is 12.6 Å². The Hall–Kier alpha value is -0.870. The van der Waals surface area contributed by atoms with E-state index in [1.165, 1.54) is 24.8 Å². The van der Waals surface area contributed by atoms with E-state index in [1.807, 2.05) is 32.0 Å². The third kappa shape index (κ3) is 4.55. The van der Waals surface area contributed by atoms with Gasteiger partial charge in [-0.15, -0.1) is 0 Å². The molecule has 0 heterocycles. The molecule has 0 radical (unpaired) electrons. The minimum absolute atomic E-state index is 0.187. The summed E-state index contributed by atoms with van der Waals surface area (Å²) in [7, 11) is 0. The van der Waals surface area contributed by atoms with Crippen LogP contribution in [0.3, 0.4) is 0 Å². The molecule has 21 heavy (non-hydrogen) atoms. The average Bonchev–Trinajstić information content (AvgIpc) is 2.47. The highest BCUT2D eigenvalue weighted by molar-refractivity contribution is 9.10. The van der Waals surface area contributed by atoms with Crippen LogP contribution < -0.4 is 5.32 Å². The van der Waals surface area contributed by atoms with Crippen LogP contribution in [-0.2, 0) is 9.53 Å². The van der Waals surface area contributed by atoms with Crippen LogP contribution in [0, 0.1) is 6.92 Å². The van der Waals surface area contributed by atoms with Gasteiger partial charge in [0.1, 0.15) is 6.04 Å². The Labute approximate surface area is 135 Å². The summed E-state index contributed by atoms with van der Waals surface area (Å²) in [6, 6.07) is 6.11. The van der Waals surface area contributed by atoms with Gasteiger partial charge in [-0.3, -0.25) is 5.32 Å². The summed E-state index contributed by atoms with van der Waals surface area (Å²) in [5, 5.41) is 3.51. The van der Waals surface area contributed by atoms with E-state index in [2.05, 4.69) is 21.2 Å². The Morgan fingerprint density at radius 3 is 2.71 bits per heavy atom. The van der Waals surface area contributed by atoms with Crippen LogP contribution in [0.5, 0.6) is 0 Å². The van der Waals surface area contributed by atoms with Crippen LogP contribution in [0.25, 0.3) is 0 Å². The second-order valence-electron chi connectivity index (χ2n) is 5.71. The molecule has 0 spiro atoms. The van der Waals surface area contributed by atoms with Crippen molar-refractivity contribution >= 4 is 21.9 Å². The van der Waals surface area contributed by atoms with Gasteiger partial charge in [0.2, 0.25) is 0 Å². The molecule has 0 aromatic heterocycles. The molecule has 1 saturated carbocycles. The highest BCUT2D eigenvalue weighted by atomic mass is 79.9. The lowest BCUT2D eigenvalue weighted by atomic mass is 9.94. The predicted octanol–water partition coefficient (Wildman–Crippen LogP) is 4.28. The Morgan fingerprint density at radius 1 is 1.38 bits per heavy atom. The maximum Gasteiger partial charge on any atom is 0.327 e. The standard InChI is InChI=1S/C17H24BrNO2/c1-3-21-17(20)16(19-13-7-5-4-6-8-13)14-10-9-12(2)11-15(14)18/h9-11,13,16,19H,3-8H2,1-2H3. The fourth-order valence-electron chi connectivity index (χ4n) is 2.88. The second kappa shape index (κ2) is 7.95. The number of aryl methyl sites for hydroxylation is 1. The lowest BCUT2D eigenvalue weighted by molar-refractivity contribution is -0.146. The molecule has 1 fully saturated rings. The van der Waals surface area contributed by atoms with Gasteiger partial charge in [-0.05, 0) is 43.9 Å². The number of carbonyl (C=O) groups is 1. The van der Waals surface area contributed by atoms with Gasteiger partial charge in [-0.25, -0.2) is 4.79 Å². The van der Waals surface area contributed by atoms with E-state index < -0.39 is 0 Å². The van der Waals surface area contributed by atoms with E-state index in [0.717, 1.165) is 22.9 Å². The molecule has 1 aliphatic rings. The fraction of sp³-hybridized carbons (Fsp3) is 0.588. The molecule has 2 rings (SSSR count). The summed E-state index contributed by atoms with van der Waals surface area (Å²) in [4.78, 5) is 12.3. The number of hydrogen-bond acceptors (Lipinski definition) is 3. The first-order valence-electron chi connectivity index (χ1n) is 7.80. The van der Waals surface area contributed by atoms with Crippen LogP contribution in [-0.4, -0.2) is 18.6 Å². The van der Waals surface area contributed by atoms with Gasteiger partial charge in [0.25, 0.3) is 0 Å². The molecule has 1 atom stereocenters. The molecule has 1 aliphatic carbocycles. The van der Waals surface area contributed by atoms with Gasteiger partial charge >= 0.3 is 5.97 Å². The summed E-state index contributed by atoms with van der Waals surface area (Å²) in [5.41, 5.74) is 2.13. The molecular weight excluding hydrogens is 330 g/mol. The molecule has 1 aromatic rings. The normalized spacial score (nSPS) is 17.5. The van der Waals surface area contributed by atoms with Crippen molar-refractivity contribution in [1.29, 1.82) is 0 Å². The Kier molecular flexibility index (Phi) is 6.24. The molecule has 1 unspecified atom stereocenters. The van der Waals surface area contributed by atoms with E-state index in [1.54, 1.807) is 0 Å². The molecule has 0 saturated heterocycles. The van der Waals surface area contributed by atoms with Crippen molar-refractivity contribution in [3.63, 3.8) is 0 Å². The minimum atomic E-state index is -0.386. The zero-order valence-electron chi connectivity index (χ0n) is 12.8. The van der Waals surface area contributed by atoms with E-state index in [-0.39, 0.29) is 12.0 Å². The molecule has 0 aliphatic heterocycles. The van der Waals surface area contributed by atoms with Crippen molar-refractivity contribution in [2.75, 3.05) is 6.61 Å². The smallest absolute Gasteiger partial charge is 0.327 e. The van der Waals surface area contributed by atoms with Crippen molar-refractivity contribution in [3.8, 4) is 0 Å². The zero-order chi connectivity index (χ0) is 15.2. The topological polar surface area (TPSA) is 38.3 Å². The van der Waals surface area contributed by atoms with E-state index >= 15 is 0 Å². The lowest BCUT2D eigenvalue weighted by Crippen LogP contribution is -2.39. The molecular formula is C17H24BrNO2. The van der Waals surface area contributed by atoms with Crippen LogP contribution in [0.1, 0.15) is 56.2 Å². The van der Waals surface area contributed by atoms with Gasteiger partial charge in [0.15, 0.2) is 0 Å². The van der Waals surface area contributed by atoms with Crippen LogP contribution in [0.2, 0.25) is 0 Å². The maximum absolute atomic E-state index is 12.3. The molecule has 0 bridgehead atoms. The fourth-order valence-corrected chi connectivity index (χ4v) is 3.60. The quantitative estimate of drug-likeness (QED) is 0.802. The number of esters is 1. The number of rotatable bonds is 5. The summed E-state index contributed by atoms with van der Waals surface area (Å²) < 4.78 is 6.22. The van der Waals surface area contributed by atoms with Crippen molar-refractivity contribution in [3.05, 3.63) is 33.8 Å². The Bertz CT molecular complexity index is 484. The molecule has 1 aromatic carbocycles. The Balaban J connectivity index is 2.19. The van der Waals surface area contributed by atoms with Gasteiger partial charge < -0.3 is 4.74 Å². The molecule has 3 nitrogen and oxygen atoms in total. The van der Waals surface area contributed by atoms with Crippen molar-refractivity contribution < 1.29 is 9.53 Å². The highest BCUT2D eigenvalue weighted by Gasteiger charge is 2.27. The maximum atomic E-state index is 12.3. The number of halogens is 1. The van der Waals surface area contributed by atoms with Gasteiger partial charge in [-0.1, -0.05) is 47.3 Å². The van der Waals surface area contributed by atoms with Crippen molar-refractivity contribution in [1.82, 2.24) is 5.32 Å². The predicted molar refractivity (Wildman–Crippen MR) is 88.3 cm³/mol. The largest absolute Gasteiger partial charge is 0.465 e. The lowest BCUT2D eigenvalue weighted by Gasteiger charge is -2.28. The van der Waals surface area contributed by atoms with Gasteiger partial charge in [0.05, 0.1) is 6.61 Å². The van der Waals surface area contributed by atoms with Crippen LogP contribution in [0.15, 0.2) is 22.7 Å².